The van der Waals surface area contributed by atoms with Crippen LogP contribution in [0.1, 0.15) is 112 Å². The normalized spacial score (nSPS) is 32.5. The number of esters is 6. The number of rotatable bonds is 18. The number of benzene rings is 3. The third-order valence-electron chi connectivity index (χ3n) is 16.8. The molecular formula is C59H69NO22. The second kappa shape index (κ2) is 24.5. The highest BCUT2D eigenvalue weighted by Gasteiger charge is 2.78. The van der Waals surface area contributed by atoms with Gasteiger partial charge in [-0.1, -0.05) is 80.6 Å². The summed E-state index contributed by atoms with van der Waals surface area (Å²) in [4.78, 5) is 113. The van der Waals surface area contributed by atoms with Crippen LogP contribution in [0, 0.1) is 16.7 Å². The third-order valence-corrected chi connectivity index (χ3v) is 16.8. The number of aliphatic hydroxyl groups excluding tert-OH is 5. The van der Waals surface area contributed by atoms with Crippen molar-refractivity contribution in [2.24, 2.45) is 16.7 Å². The monoisotopic (exact) mass is 1140 g/mol. The molecule has 2 bridgehead atoms. The average molecular weight is 1140 g/mol. The van der Waals surface area contributed by atoms with Gasteiger partial charge in [-0.3, -0.25) is 28.8 Å². The van der Waals surface area contributed by atoms with Crippen molar-refractivity contribution in [2.45, 2.75) is 165 Å². The van der Waals surface area contributed by atoms with Gasteiger partial charge in [0.25, 0.3) is 5.91 Å². The topological polar surface area (TPSA) is 344 Å². The van der Waals surface area contributed by atoms with Crippen LogP contribution in [-0.2, 0) is 66.7 Å². The van der Waals surface area contributed by atoms with Crippen molar-refractivity contribution in [3.63, 3.8) is 0 Å². The highest BCUT2D eigenvalue weighted by molar-refractivity contribution is 5.96. The molecule has 2 aliphatic heterocycles. The fourth-order valence-electron chi connectivity index (χ4n) is 12.3. The second-order valence-corrected chi connectivity index (χ2v) is 22.2. The Labute approximate surface area is 471 Å². The van der Waals surface area contributed by atoms with Gasteiger partial charge in [0.15, 0.2) is 23.8 Å². The van der Waals surface area contributed by atoms with Crippen LogP contribution in [0.2, 0.25) is 0 Å². The number of aliphatic hydroxyl groups is 6. The minimum absolute atomic E-state index is 0.00619. The molecule has 3 aromatic carbocycles. The zero-order valence-electron chi connectivity index (χ0n) is 46.0. The lowest BCUT2D eigenvalue weighted by molar-refractivity contribution is -0.346. The van der Waals surface area contributed by atoms with Crippen LogP contribution in [0.15, 0.2) is 102 Å². The Morgan fingerprint density at radius 2 is 1.34 bits per heavy atom. The maximum atomic E-state index is 15.8. The first-order valence-corrected chi connectivity index (χ1v) is 27.0. The molecule has 0 aromatic heterocycles. The molecule has 1 amide bonds. The number of carbonyl (C=O) groups is 8. The number of amides is 1. The number of hydrogen-bond donors (Lipinski definition) is 7. The van der Waals surface area contributed by atoms with Crippen molar-refractivity contribution < 1.29 is 107 Å². The molecule has 23 nitrogen and oxygen atoms in total. The Hall–Kier alpha value is -6.96. The molecule has 16 atom stereocenters. The Morgan fingerprint density at radius 3 is 1.93 bits per heavy atom. The first-order chi connectivity index (χ1) is 38.8. The maximum absolute atomic E-state index is 15.8. The van der Waals surface area contributed by atoms with Crippen molar-refractivity contribution in [3.8, 4) is 0 Å². The number of ketones is 1. The first kappa shape index (κ1) is 61.1. The predicted molar refractivity (Wildman–Crippen MR) is 280 cm³/mol. The van der Waals surface area contributed by atoms with Crippen LogP contribution in [0.25, 0.3) is 0 Å². The largest absolute Gasteiger partial charge is 0.463 e. The summed E-state index contributed by atoms with van der Waals surface area (Å²) in [6.45, 7) is 7.04. The van der Waals surface area contributed by atoms with Gasteiger partial charge >= 0.3 is 35.8 Å². The number of hydrogen-bond acceptors (Lipinski definition) is 22. The van der Waals surface area contributed by atoms with Crippen LogP contribution in [0.4, 0.5) is 0 Å². The predicted octanol–water partition coefficient (Wildman–Crippen LogP) is 2.19. The molecule has 2 saturated heterocycles. The molecule has 0 spiro atoms. The molecule has 23 heteroatoms. The van der Waals surface area contributed by atoms with E-state index in [0.717, 1.165) is 13.8 Å². The summed E-state index contributed by atoms with van der Waals surface area (Å²) in [5.74, 6) is -9.22. The third kappa shape index (κ3) is 11.7. The maximum Gasteiger partial charge on any atom is 0.350 e. The number of carbonyl (C=O) groups excluding carboxylic acids is 8. The summed E-state index contributed by atoms with van der Waals surface area (Å²) < 4.78 is 47.0. The van der Waals surface area contributed by atoms with Crippen LogP contribution < -0.4 is 5.32 Å². The number of fused-ring (bicyclic) bond motifs is 5. The van der Waals surface area contributed by atoms with E-state index in [4.69, 9.17) is 37.9 Å². The lowest BCUT2D eigenvalue weighted by Gasteiger charge is -2.67. The van der Waals surface area contributed by atoms with Gasteiger partial charge < -0.3 is 73.9 Å². The average Bonchev–Trinajstić information content (AvgIpc) is 0.984. The van der Waals surface area contributed by atoms with Crippen molar-refractivity contribution in [3.05, 3.63) is 119 Å². The van der Waals surface area contributed by atoms with Crippen LogP contribution >= 0.6 is 0 Å². The van der Waals surface area contributed by atoms with Gasteiger partial charge in [-0.25, -0.2) is 9.59 Å². The van der Waals surface area contributed by atoms with E-state index in [1.165, 1.54) is 52.0 Å². The van der Waals surface area contributed by atoms with E-state index in [2.05, 4.69) is 5.32 Å². The van der Waals surface area contributed by atoms with Crippen molar-refractivity contribution in [2.75, 3.05) is 13.2 Å². The number of ether oxygens (including phenoxy) is 8. The summed E-state index contributed by atoms with van der Waals surface area (Å²) in [6, 6.07) is 22.1. The first-order valence-electron chi connectivity index (χ1n) is 27.0. The Bertz CT molecular complexity index is 2920. The molecule has 3 aromatic rings. The summed E-state index contributed by atoms with van der Waals surface area (Å²) in [5, 5.41) is 68.9. The summed E-state index contributed by atoms with van der Waals surface area (Å²) in [5.41, 5.74) is -7.96. The van der Waals surface area contributed by atoms with E-state index in [0.29, 0.717) is 0 Å². The fourth-order valence-corrected chi connectivity index (χ4v) is 12.3. The number of nitrogens with one attached hydrogen (secondary N) is 1. The van der Waals surface area contributed by atoms with E-state index in [1.54, 1.807) is 66.7 Å². The summed E-state index contributed by atoms with van der Waals surface area (Å²) >= 11 is 0. The van der Waals surface area contributed by atoms with Crippen LogP contribution in [0.5, 0.6) is 0 Å². The molecule has 5 aliphatic rings. The number of unbranched alkanes of at least 4 members (excludes halogenated alkanes) is 1. The SMILES string of the molecule is CC(=O)O[C@H]1C(=O)[C@@]2(C)C([C@H](OC(=O)c3ccccc3)[C@]3(O)C[C@H](OC(=O)[C@H](OC(=O)CCCCC(=O)OCC4OC(O)C(O)C(O)C4O)[C@@H](NC(=O)c4ccccc4)c4ccccc4)C(C)=C1C3(C)C)[C@]1(OC(C)=O)CO[C@@H]1C[C@@H]2O. The molecule has 0 radical (unpaired) electrons. The zero-order chi connectivity index (χ0) is 59.6. The van der Waals surface area contributed by atoms with Gasteiger partial charge in [-0.05, 0) is 67.7 Å². The van der Waals surface area contributed by atoms with Gasteiger partial charge in [-0.2, -0.15) is 0 Å². The highest BCUT2D eigenvalue weighted by atomic mass is 16.7. The Balaban J connectivity index is 1.17. The van der Waals surface area contributed by atoms with Gasteiger partial charge in [0.2, 0.25) is 6.10 Å². The van der Waals surface area contributed by atoms with Crippen molar-refractivity contribution in [1.82, 2.24) is 5.32 Å². The Kier molecular flexibility index (Phi) is 18.2. The molecule has 2 saturated carbocycles. The molecule has 3 aliphatic carbocycles. The zero-order valence-corrected chi connectivity index (χ0v) is 46.0. The standard InChI is InChI=1S/C59H69NO22/c1-30-36(27-59(74)51(81-53(71)35-22-14-9-15-23-35)49-57(6,38(63)26-39-58(49,29-76-39)82-32(3)62)50(69)47(77-31(2)61)42(30)56(59,4)5)78-55(73)48(43(33-18-10-7-11-19-33)60-52(70)34-20-12-8-13-21-34)80-41(65)25-17-16-24-40(64)75-28-37-44(66)45(67)46(68)54(72)79-37/h7-15,18-23,36-39,43-49,51,54,63,66-68,72,74H,16-17,24-29H2,1-6H3,(H,60,70)/t36-,37?,38-,39+,43-,44?,45?,46?,47+,48+,49?,51-,54?,57+,58-,59+/m0/s1. The van der Waals surface area contributed by atoms with Gasteiger partial charge in [-0.15, -0.1) is 0 Å². The quantitative estimate of drug-likeness (QED) is 0.0415. The van der Waals surface area contributed by atoms with Crippen LogP contribution in [0.3, 0.4) is 0 Å². The lowest BCUT2D eigenvalue weighted by Crippen LogP contribution is -2.82. The molecular weight excluding hydrogens is 1070 g/mol. The molecule has 7 N–H and O–H groups in total. The lowest BCUT2D eigenvalue weighted by atomic mass is 9.44. The molecule has 6 unspecified atom stereocenters. The van der Waals surface area contributed by atoms with E-state index >= 15 is 9.59 Å². The van der Waals surface area contributed by atoms with E-state index in [9.17, 15) is 59.4 Å². The van der Waals surface area contributed by atoms with E-state index < -0.39 is 168 Å². The summed E-state index contributed by atoms with van der Waals surface area (Å²) in [7, 11) is 0. The molecule has 8 rings (SSSR count). The van der Waals surface area contributed by atoms with Crippen molar-refractivity contribution >= 4 is 47.5 Å². The fraction of sp³-hybridized carbons (Fsp3) is 0.525. The Morgan fingerprint density at radius 1 is 0.744 bits per heavy atom. The molecule has 4 fully saturated rings. The van der Waals surface area contributed by atoms with Gasteiger partial charge in [0.05, 0.1) is 29.6 Å². The molecule has 442 valence electrons. The van der Waals surface area contributed by atoms with Gasteiger partial charge in [0.1, 0.15) is 61.0 Å². The van der Waals surface area contributed by atoms with Gasteiger partial charge in [0, 0.05) is 50.5 Å². The molecule has 2 heterocycles. The highest BCUT2D eigenvalue weighted by Crippen LogP contribution is 2.64. The minimum atomic E-state index is -2.53. The summed E-state index contributed by atoms with van der Waals surface area (Å²) in [6.07, 6.45) is -20.5. The minimum Gasteiger partial charge on any atom is -0.463 e. The number of Topliss-reactive ketones (excluding diaryl/α,β-unsaturated/α-hetero) is 1. The van der Waals surface area contributed by atoms with Crippen molar-refractivity contribution in [1.29, 1.82) is 0 Å². The van der Waals surface area contributed by atoms with Crippen LogP contribution in [-0.4, -0.2) is 170 Å². The van der Waals surface area contributed by atoms with E-state index in [-0.39, 0.29) is 60.1 Å². The second-order valence-electron chi connectivity index (χ2n) is 22.2. The smallest absolute Gasteiger partial charge is 0.350 e. The van der Waals surface area contributed by atoms with E-state index in [1.807, 2.05) is 0 Å². The molecule has 82 heavy (non-hydrogen) atoms.